The number of hydrogen-bond acceptors (Lipinski definition) is 5. The molecule has 8 heteroatoms. The van der Waals surface area contributed by atoms with Crippen molar-refractivity contribution < 1.29 is 18.7 Å². The molecule has 1 aromatic carbocycles. The van der Waals surface area contributed by atoms with Crippen molar-refractivity contribution in [3.05, 3.63) is 41.8 Å². The molecule has 1 aliphatic heterocycles. The predicted octanol–water partition coefficient (Wildman–Crippen LogP) is 1.17. The van der Waals surface area contributed by atoms with Crippen LogP contribution in [0.2, 0.25) is 0 Å². The molecule has 1 aromatic heterocycles. The fraction of sp³-hybridized carbons (Fsp3) is 0.333. The van der Waals surface area contributed by atoms with Gasteiger partial charge in [-0.15, -0.1) is 0 Å². The van der Waals surface area contributed by atoms with Crippen molar-refractivity contribution in [2.24, 2.45) is 5.84 Å². The van der Waals surface area contributed by atoms with E-state index in [4.69, 9.17) is 15.3 Å². The fourth-order valence-corrected chi connectivity index (χ4v) is 2.45. The highest BCUT2D eigenvalue weighted by molar-refractivity contribution is 5.94. The quantitative estimate of drug-likeness (QED) is 0.501. The van der Waals surface area contributed by atoms with Gasteiger partial charge in [0, 0.05) is 24.5 Å². The lowest BCUT2D eigenvalue weighted by Crippen LogP contribution is -2.30. The van der Waals surface area contributed by atoms with E-state index in [0.29, 0.717) is 24.8 Å². The molecule has 1 amide bonds. The summed E-state index contributed by atoms with van der Waals surface area (Å²) in [5.41, 5.74) is 2.47. The first-order valence-electron chi connectivity index (χ1n) is 7.27. The number of benzene rings is 1. The molecule has 3 rings (SSSR count). The molecule has 0 radical (unpaired) electrons. The minimum Gasteiger partial charge on any atom is -0.474 e. The molecule has 0 saturated carbocycles. The zero-order valence-corrected chi connectivity index (χ0v) is 12.4. The van der Waals surface area contributed by atoms with E-state index in [9.17, 15) is 9.18 Å². The molecule has 0 atom stereocenters. The molecule has 3 N–H and O–H groups in total. The van der Waals surface area contributed by atoms with Gasteiger partial charge >= 0.3 is 0 Å². The van der Waals surface area contributed by atoms with Gasteiger partial charge in [0.2, 0.25) is 5.88 Å². The van der Waals surface area contributed by atoms with Gasteiger partial charge in [-0.25, -0.2) is 14.9 Å². The first kappa shape index (κ1) is 15.4. The summed E-state index contributed by atoms with van der Waals surface area (Å²) in [5.74, 6) is 4.44. The highest BCUT2D eigenvalue weighted by Gasteiger charge is 2.18. The maximum absolute atomic E-state index is 13.8. The Kier molecular flexibility index (Phi) is 4.54. The van der Waals surface area contributed by atoms with Crippen LogP contribution < -0.4 is 16.0 Å². The number of nitrogens with zero attached hydrogens (tertiary/aromatic N) is 2. The van der Waals surface area contributed by atoms with Crippen LogP contribution in [0.4, 0.5) is 4.39 Å². The van der Waals surface area contributed by atoms with E-state index in [-0.39, 0.29) is 11.7 Å². The third-order valence-electron chi connectivity index (χ3n) is 3.58. The molecule has 0 unspecified atom stereocenters. The standard InChI is InChI=1S/C15H17FN4O3/c16-11-7-10(15(21)19-17)8-12(9-11)20-14(1-4-18-20)23-13-2-5-22-6-3-13/h1,4,7-9,13H,2-3,5-6,17H2,(H,19,21). The first-order chi connectivity index (χ1) is 11.2. The lowest BCUT2D eigenvalue weighted by atomic mass is 10.1. The average Bonchev–Trinajstić information content (AvgIpc) is 3.02. The topological polar surface area (TPSA) is 91.4 Å². The minimum atomic E-state index is -0.579. The number of rotatable bonds is 4. The van der Waals surface area contributed by atoms with Gasteiger partial charge in [-0.1, -0.05) is 0 Å². The van der Waals surface area contributed by atoms with E-state index in [1.165, 1.54) is 16.8 Å². The summed E-state index contributed by atoms with van der Waals surface area (Å²) < 4.78 is 26.5. The normalized spacial score (nSPS) is 15.4. The van der Waals surface area contributed by atoms with Crippen LogP contribution >= 0.6 is 0 Å². The highest BCUT2D eigenvalue weighted by Crippen LogP contribution is 2.22. The number of aromatic nitrogens is 2. The van der Waals surface area contributed by atoms with Gasteiger partial charge in [-0.3, -0.25) is 10.2 Å². The van der Waals surface area contributed by atoms with Crippen LogP contribution in [0.5, 0.6) is 5.88 Å². The van der Waals surface area contributed by atoms with Crippen molar-refractivity contribution in [3.8, 4) is 11.6 Å². The Morgan fingerprint density at radius 3 is 2.91 bits per heavy atom. The molecule has 0 bridgehead atoms. The second-order valence-electron chi connectivity index (χ2n) is 5.18. The van der Waals surface area contributed by atoms with Crippen molar-refractivity contribution in [1.82, 2.24) is 15.2 Å². The summed E-state index contributed by atoms with van der Waals surface area (Å²) in [7, 11) is 0. The van der Waals surface area contributed by atoms with Crippen LogP contribution in [-0.4, -0.2) is 35.0 Å². The van der Waals surface area contributed by atoms with E-state index >= 15 is 0 Å². The lowest BCUT2D eigenvalue weighted by Gasteiger charge is -2.23. The SMILES string of the molecule is NNC(=O)c1cc(F)cc(-n2nccc2OC2CCOCC2)c1. The van der Waals surface area contributed by atoms with Gasteiger partial charge < -0.3 is 9.47 Å². The zero-order chi connectivity index (χ0) is 16.2. The number of nitrogens with two attached hydrogens (primary N) is 1. The number of hydrogen-bond donors (Lipinski definition) is 2. The zero-order valence-electron chi connectivity index (χ0n) is 12.4. The van der Waals surface area contributed by atoms with Crippen LogP contribution in [0.1, 0.15) is 23.2 Å². The predicted molar refractivity (Wildman–Crippen MR) is 79.6 cm³/mol. The molecule has 1 aliphatic rings. The van der Waals surface area contributed by atoms with Crippen molar-refractivity contribution in [1.29, 1.82) is 0 Å². The number of amides is 1. The van der Waals surface area contributed by atoms with Crippen LogP contribution in [0.15, 0.2) is 30.5 Å². The molecule has 1 saturated heterocycles. The molecular formula is C15H17FN4O3. The number of carbonyl (C=O) groups excluding carboxylic acids is 1. The summed E-state index contributed by atoms with van der Waals surface area (Å²) >= 11 is 0. The molecule has 2 aromatic rings. The molecule has 23 heavy (non-hydrogen) atoms. The van der Waals surface area contributed by atoms with E-state index < -0.39 is 11.7 Å². The van der Waals surface area contributed by atoms with Crippen LogP contribution in [-0.2, 0) is 4.74 Å². The fourth-order valence-electron chi connectivity index (χ4n) is 2.45. The monoisotopic (exact) mass is 320 g/mol. The van der Waals surface area contributed by atoms with Gasteiger partial charge in [-0.05, 0) is 18.2 Å². The summed E-state index contributed by atoms with van der Waals surface area (Å²) in [6.45, 7) is 1.30. The van der Waals surface area contributed by atoms with Crippen molar-refractivity contribution in [3.63, 3.8) is 0 Å². The van der Waals surface area contributed by atoms with Crippen LogP contribution in [0.3, 0.4) is 0 Å². The van der Waals surface area contributed by atoms with Crippen LogP contribution in [0.25, 0.3) is 5.69 Å². The summed E-state index contributed by atoms with van der Waals surface area (Å²) in [6, 6.07) is 5.57. The summed E-state index contributed by atoms with van der Waals surface area (Å²) in [5, 5.41) is 4.15. The Hall–Kier alpha value is -2.45. The molecule has 1 fully saturated rings. The van der Waals surface area contributed by atoms with E-state index in [0.717, 1.165) is 18.9 Å². The van der Waals surface area contributed by atoms with Gasteiger partial charge in [0.25, 0.3) is 5.91 Å². The maximum atomic E-state index is 13.8. The Morgan fingerprint density at radius 1 is 1.39 bits per heavy atom. The van der Waals surface area contributed by atoms with Gasteiger partial charge in [0.1, 0.15) is 11.9 Å². The van der Waals surface area contributed by atoms with Gasteiger partial charge in [0.05, 0.1) is 25.1 Å². The Bertz CT molecular complexity index is 698. The number of halogens is 1. The molecule has 0 spiro atoms. The Balaban J connectivity index is 1.88. The van der Waals surface area contributed by atoms with E-state index in [1.807, 2.05) is 5.43 Å². The summed E-state index contributed by atoms with van der Waals surface area (Å²) in [6.07, 6.45) is 3.16. The average molecular weight is 320 g/mol. The van der Waals surface area contributed by atoms with Gasteiger partial charge in [0.15, 0.2) is 0 Å². The number of hydrazine groups is 1. The third-order valence-corrected chi connectivity index (χ3v) is 3.58. The minimum absolute atomic E-state index is 0.0274. The van der Waals surface area contributed by atoms with Crippen molar-refractivity contribution in [2.45, 2.75) is 18.9 Å². The number of nitrogen functional groups attached to an aromatic ring is 1. The van der Waals surface area contributed by atoms with Crippen molar-refractivity contribution >= 4 is 5.91 Å². The van der Waals surface area contributed by atoms with Crippen molar-refractivity contribution in [2.75, 3.05) is 13.2 Å². The van der Waals surface area contributed by atoms with E-state index in [2.05, 4.69) is 5.10 Å². The molecule has 0 aliphatic carbocycles. The number of carbonyl (C=O) groups is 1. The smallest absolute Gasteiger partial charge is 0.265 e. The maximum Gasteiger partial charge on any atom is 0.265 e. The molecular weight excluding hydrogens is 303 g/mol. The molecule has 2 heterocycles. The van der Waals surface area contributed by atoms with Gasteiger partial charge in [-0.2, -0.15) is 5.10 Å². The number of nitrogens with one attached hydrogen (secondary N) is 1. The Labute approximate surface area is 132 Å². The summed E-state index contributed by atoms with van der Waals surface area (Å²) in [4.78, 5) is 11.6. The Morgan fingerprint density at radius 2 is 2.17 bits per heavy atom. The largest absolute Gasteiger partial charge is 0.474 e. The third kappa shape index (κ3) is 3.49. The number of ether oxygens (including phenoxy) is 2. The highest BCUT2D eigenvalue weighted by atomic mass is 19.1. The van der Waals surface area contributed by atoms with E-state index in [1.54, 1.807) is 12.3 Å². The molecule has 122 valence electrons. The molecule has 7 nitrogen and oxygen atoms in total. The second-order valence-corrected chi connectivity index (χ2v) is 5.18. The van der Waals surface area contributed by atoms with Crippen LogP contribution in [0, 0.1) is 5.82 Å². The second kappa shape index (κ2) is 6.76. The lowest BCUT2D eigenvalue weighted by molar-refractivity contribution is 0.0227. The first-order valence-corrected chi connectivity index (χ1v) is 7.27.